The van der Waals surface area contributed by atoms with E-state index in [0.717, 1.165) is 48.5 Å². The molecule has 0 aliphatic carbocycles. The van der Waals surface area contributed by atoms with Crippen LogP contribution in [0.2, 0.25) is 0 Å². The Morgan fingerprint density at radius 3 is 1.20 bits per heavy atom. The summed E-state index contributed by atoms with van der Waals surface area (Å²) in [4.78, 5) is 2.35. The van der Waals surface area contributed by atoms with Gasteiger partial charge in [-0.25, -0.2) is 0 Å². The topological polar surface area (TPSA) is 34.2 Å². The van der Waals surface area contributed by atoms with E-state index in [2.05, 4.69) is 0 Å². The molecule has 4 atom stereocenters. The molecule has 2 aliphatic rings. The van der Waals surface area contributed by atoms with Crippen molar-refractivity contribution in [3.63, 3.8) is 0 Å². The van der Waals surface area contributed by atoms with E-state index in [1.165, 1.54) is 9.80 Å². The van der Waals surface area contributed by atoms with Gasteiger partial charge < -0.3 is 14.2 Å². The molecule has 0 bridgehead atoms. The van der Waals surface area contributed by atoms with Gasteiger partial charge in [0.05, 0.1) is 36.5 Å². The highest BCUT2D eigenvalue weighted by Crippen LogP contribution is 2.35. The van der Waals surface area contributed by atoms with Crippen molar-refractivity contribution in [1.82, 2.24) is 9.80 Å². The Hall–Kier alpha value is -2.31. The maximum absolute atomic E-state index is 14.0. The molecule has 0 unspecified atom stereocenters. The Bertz CT molecular complexity index is 1140. The van der Waals surface area contributed by atoms with Gasteiger partial charge in [0, 0.05) is 39.3 Å². The number of morpholine rings is 2. The predicted octanol–water partition coefficient (Wildman–Crippen LogP) is 7.47. The summed E-state index contributed by atoms with van der Waals surface area (Å²) in [6, 6.07) is 7.65. The van der Waals surface area contributed by atoms with Gasteiger partial charge in [-0.15, -0.1) is 12.4 Å². The number of hydrogen-bond donors (Lipinski definition) is 0. The minimum atomic E-state index is -5.21. The smallest absolute Gasteiger partial charge is 0.371 e. The fourth-order valence-electron chi connectivity index (χ4n) is 5.03. The average Bonchev–Trinajstić information content (AvgIpc) is 2.95. The van der Waals surface area contributed by atoms with Gasteiger partial charge in [-0.1, -0.05) is 24.3 Å². The van der Waals surface area contributed by atoms with E-state index in [1.54, 1.807) is 0 Å². The Morgan fingerprint density at radius 1 is 0.587 bits per heavy atom. The van der Waals surface area contributed by atoms with E-state index in [-0.39, 0.29) is 62.9 Å². The third-order valence-electron chi connectivity index (χ3n) is 7.43. The molecule has 2 aromatic carbocycles. The first-order chi connectivity index (χ1) is 20.8. The normalized spacial score (nSPS) is 22.3. The summed E-state index contributed by atoms with van der Waals surface area (Å²) in [6.07, 6.45) is -27.2. The molecule has 2 saturated heterocycles. The monoisotopic (exact) mass is 704 g/mol. The molecule has 0 spiro atoms. The summed E-state index contributed by atoms with van der Waals surface area (Å²) in [5, 5.41) is 0. The van der Waals surface area contributed by atoms with Crippen molar-refractivity contribution in [3.8, 4) is 0 Å². The summed E-state index contributed by atoms with van der Waals surface area (Å²) >= 11 is 0. The molecular weight excluding hydrogens is 676 g/mol. The van der Waals surface area contributed by atoms with Crippen LogP contribution in [0.5, 0.6) is 0 Å². The van der Waals surface area contributed by atoms with E-state index in [0.29, 0.717) is 0 Å². The fraction of sp³-hybridized carbons (Fsp3) is 0.571. The van der Waals surface area contributed by atoms with E-state index >= 15 is 0 Å². The first-order valence-corrected chi connectivity index (χ1v) is 13.6. The second-order valence-electron chi connectivity index (χ2n) is 10.7. The lowest BCUT2D eigenvalue weighted by Crippen LogP contribution is -2.53. The number of ether oxygens (including phenoxy) is 3. The van der Waals surface area contributed by atoms with Crippen molar-refractivity contribution in [2.45, 2.75) is 49.1 Å². The molecule has 0 radical (unpaired) electrons. The molecule has 46 heavy (non-hydrogen) atoms. The zero-order chi connectivity index (χ0) is 33.2. The van der Waals surface area contributed by atoms with Crippen molar-refractivity contribution in [1.29, 1.82) is 0 Å². The molecule has 4 rings (SSSR count). The zero-order valence-corrected chi connectivity index (χ0v) is 24.5. The Kier molecular flexibility index (Phi) is 12.3. The number of benzene rings is 2. The van der Waals surface area contributed by atoms with E-state index in [9.17, 15) is 52.7 Å². The minimum absolute atomic E-state index is 0. The van der Waals surface area contributed by atoms with Crippen LogP contribution in [0.25, 0.3) is 0 Å². The second kappa shape index (κ2) is 14.8. The van der Waals surface area contributed by atoms with Crippen molar-refractivity contribution >= 4 is 12.4 Å². The van der Waals surface area contributed by atoms with Crippen LogP contribution in [0.3, 0.4) is 0 Å². The van der Waals surface area contributed by atoms with Crippen LogP contribution in [0, 0.1) is 0 Å². The van der Waals surface area contributed by atoms with Gasteiger partial charge in [-0.2, -0.15) is 52.7 Å². The minimum Gasteiger partial charge on any atom is -0.371 e. The van der Waals surface area contributed by atoms with Crippen molar-refractivity contribution in [2.24, 2.45) is 0 Å². The zero-order valence-electron chi connectivity index (χ0n) is 23.6. The van der Waals surface area contributed by atoms with E-state index in [1.807, 2.05) is 0 Å². The third-order valence-corrected chi connectivity index (χ3v) is 7.43. The van der Waals surface area contributed by atoms with Gasteiger partial charge in [0.2, 0.25) is 0 Å². The molecule has 2 heterocycles. The Balaban J connectivity index is 0.00000576. The molecule has 2 aromatic rings. The molecular formula is C28H29ClF12N2O3. The Labute approximate surface area is 261 Å². The maximum atomic E-state index is 14.0. The predicted molar refractivity (Wildman–Crippen MR) is 141 cm³/mol. The van der Waals surface area contributed by atoms with E-state index in [4.69, 9.17) is 14.2 Å². The van der Waals surface area contributed by atoms with Gasteiger partial charge in [0.15, 0.2) is 12.2 Å². The number of nitrogens with zero attached hydrogens (tertiary/aromatic N) is 2. The lowest BCUT2D eigenvalue weighted by atomic mass is 10.0. The van der Waals surface area contributed by atoms with Crippen LogP contribution >= 0.6 is 12.4 Å². The quantitative estimate of drug-likeness (QED) is 0.267. The summed E-state index contributed by atoms with van der Waals surface area (Å²) in [5.41, 5.74) is -1.37. The molecule has 0 saturated carbocycles. The van der Waals surface area contributed by atoms with Crippen LogP contribution in [-0.2, 0) is 26.6 Å². The number of halogens is 13. The first-order valence-electron chi connectivity index (χ1n) is 13.6. The lowest BCUT2D eigenvalue weighted by Gasteiger charge is -2.39. The van der Waals surface area contributed by atoms with Crippen LogP contribution in [-0.4, -0.2) is 86.8 Å². The number of rotatable bonds is 8. The van der Waals surface area contributed by atoms with Gasteiger partial charge in [-0.05, 0) is 35.4 Å². The molecule has 0 amide bonds. The highest BCUT2D eigenvalue weighted by atomic mass is 35.5. The summed E-state index contributed by atoms with van der Waals surface area (Å²) < 4.78 is 177. The standard InChI is InChI=1S/C28H28F12N2O3.ClH/c29-25(30,31)19-5-1-17(2-6-19)21-13-41(9-11-43-21)15-23(27(35,36)37)45-24(28(38,39)40)16-42-10-12-44-22(14-42)18-3-7-20(8-4-18)26(32,33)34;/h1-8,21-24H,9-16H2;1H/t21-,22-,23-,24-;/m0./s1. The largest absolute Gasteiger partial charge is 0.416 e. The highest BCUT2D eigenvalue weighted by Gasteiger charge is 2.50. The molecule has 260 valence electrons. The van der Waals surface area contributed by atoms with Crippen LogP contribution in [0.15, 0.2) is 48.5 Å². The third kappa shape index (κ3) is 10.3. The number of hydrogen-bond acceptors (Lipinski definition) is 5. The van der Waals surface area contributed by atoms with Crippen LogP contribution < -0.4 is 0 Å². The molecule has 0 N–H and O–H groups in total. The molecule has 2 aliphatic heterocycles. The van der Waals surface area contributed by atoms with Crippen molar-refractivity contribution in [2.75, 3.05) is 52.5 Å². The molecule has 0 aromatic heterocycles. The highest BCUT2D eigenvalue weighted by molar-refractivity contribution is 5.85. The van der Waals surface area contributed by atoms with Crippen LogP contribution in [0.1, 0.15) is 34.5 Å². The first kappa shape index (κ1) is 38.1. The SMILES string of the molecule is Cl.FC(F)(F)c1ccc([C@@H]2CN(C[C@H](O[C@@H](CN3CCO[C@H](c4ccc(C(F)(F)F)cc4)C3)C(F)(F)F)C(F)(F)F)CCO2)cc1. The van der Waals surface area contributed by atoms with Crippen molar-refractivity contribution in [3.05, 3.63) is 70.8 Å². The molecule has 18 heteroatoms. The lowest BCUT2D eigenvalue weighted by molar-refractivity contribution is -0.292. The average molecular weight is 705 g/mol. The van der Waals surface area contributed by atoms with Crippen LogP contribution in [0.4, 0.5) is 52.7 Å². The van der Waals surface area contributed by atoms with Crippen molar-refractivity contribution < 1.29 is 66.9 Å². The molecule has 2 fully saturated rings. The van der Waals surface area contributed by atoms with Gasteiger partial charge >= 0.3 is 24.7 Å². The van der Waals surface area contributed by atoms with Gasteiger partial charge in [0.1, 0.15) is 0 Å². The fourth-order valence-corrected chi connectivity index (χ4v) is 5.03. The summed E-state index contributed by atoms with van der Waals surface area (Å²) in [7, 11) is 0. The van der Waals surface area contributed by atoms with E-state index < -0.39 is 73.3 Å². The van der Waals surface area contributed by atoms with Gasteiger partial charge in [0.25, 0.3) is 0 Å². The summed E-state index contributed by atoms with van der Waals surface area (Å²) in [5.74, 6) is 0. The molecule has 5 nitrogen and oxygen atoms in total. The number of alkyl halides is 12. The Morgan fingerprint density at radius 2 is 0.913 bits per heavy atom. The second-order valence-corrected chi connectivity index (χ2v) is 10.7. The summed E-state index contributed by atoms with van der Waals surface area (Å²) in [6.45, 7) is -2.91. The maximum Gasteiger partial charge on any atom is 0.416 e. The van der Waals surface area contributed by atoms with Gasteiger partial charge in [-0.3, -0.25) is 9.80 Å².